The van der Waals surface area contributed by atoms with Gasteiger partial charge in [0.25, 0.3) is 5.91 Å². The number of alkyl halides is 3. The van der Waals surface area contributed by atoms with Crippen LogP contribution < -0.4 is 15.4 Å². The molecule has 1 heterocycles. The highest BCUT2D eigenvalue weighted by molar-refractivity contribution is 7.99. The molecule has 0 aliphatic heterocycles. The van der Waals surface area contributed by atoms with Crippen molar-refractivity contribution in [1.82, 2.24) is 20.1 Å². The van der Waals surface area contributed by atoms with Crippen molar-refractivity contribution in [2.75, 3.05) is 17.7 Å². The fourth-order valence-electron chi connectivity index (χ4n) is 4.10. The second-order valence-corrected chi connectivity index (χ2v) is 11.5. The van der Waals surface area contributed by atoms with Crippen molar-refractivity contribution < 1.29 is 27.5 Å². The number of rotatable bonds is 10. The normalized spacial score (nSPS) is 11.7. The molecule has 4 rings (SSSR count). The number of ether oxygens (including phenoxy) is 1. The van der Waals surface area contributed by atoms with Crippen LogP contribution >= 0.6 is 11.8 Å². The Bertz CT molecular complexity index is 1560. The van der Waals surface area contributed by atoms with Gasteiger partial charge in [-0.2, -0.15) is 13.2 Å². The molecule has 3 aromatic carbocycles. The number of carbonyl (C=O) groups excluding carboxylic acids is 2. The summed E-state index contributed by atoms with van der Waals surface area (Å²) in [5.41, 5.74) is 1.28. The lowest BCUT2D eigenvalue weighted by atomic mass is 9.87. The van der Waals surface area contributed by atoms with Crippen molar-refractivity contribution in [2.45, 2.75) is 51.0 Å². The summed E-state index contributed by atoms with van der Waals surface area (Å²) in [5, 5.41) is 14.0. The van der Waals surface area contributed by atoms with Crippen LogP contribution in [0.5, 0.6) is 5.75 Å². The lowest BCUT2D eigenvalue weighted by Gasteiger charge is -2.19. The molecule has 1 aromatic heterocycles. The number of aromatic nitrogens is 3. The molecule has 43 heavy (non-hydrogen) atoms. The first-order valence-electron chi connectivity index (χ1n) is 13.5. The minimum atomic E-state index is -4.57. The quantitative estimate of drug-likeness (QED) is 0.195. The Hall–Kier alpha value is -4.32. The standard InChI is InChI=1S/C31H32F3N5O3S/c1-5-42-25-15-13-23(14-16-25)36-27(40)19-43-29-38-37-26(39(29)24-8-6-7-22(17-24)31(32,33)34)18-35-28(41)20-9-11-21(12-10-20)30(2,3)4/h6-17H,5,18-19H2,1-4H3,(H,35,41)(H,36,40). The average molecular weight is 612 g/mol. The van der Waals surface area contributed by atoms with Crippen LogP contribution in [0.25, 0.3) is 5.69 Å². The number of hydrogen-bond donors (Lipinski definition) is 2. The molecule has 0 fully saturated rings. The molecule has 0 bridgehead atoms. The third-order valence-electron chi connectivity index (χ3n) is 6.33. The fraction of sp³-hybridized carbons (Fsp3) is 0.290. The summed E-state index contributed by atoms with van der Waals surface area (Å²) in [7, 11) is 0. The predicted molar refractivity (Wildman–Crippen MR) is 160 cm³/mol. The van der Waals surface area contributed by atoms with E-state index in [0.29, 0.717) is 23.6 Å². The molecule has 4 aromatic rings. The molecule has 0 saturated carbocycles. The Morgan fingerprint density at radius 2 is 1.63 bits per heavy atom. The molecule has 8 nitrogen and oxygen atoms in total. The van der Waals surface area contributed by atoms with Crippen molar-refractivity contribution >= 4 is 29.3 Å². The number of anilines is 1. The first kappa shape index (κ1) is 31.6. The van der Waals surface area contributed by atoms with E-state index in [1.54, 1.807) is 36.4 Å². The fourth-order valence-corrected chi connectivity index (χ4v) is 4.87. The highest BCUT2D eigenvalue weighted by Crippen LogP contribution is 2.32. The maximum atomic E-state index is 13.5. The van der Waals surface area contributed by atoms with E-state index in [9.17, 15) is 22.8 Å². The highest BCUT2D eigenvalue weighted by Gasteiger charge is 2.31. The molecule has 2 N–H and O–H groups in total. The number of thioether (sulfide) groups is 1. The number of benzene rings is 3. The lowest BCUT2D eigenvalue weighted by molar-refractivity contribution is -0.137. The van der Waals surface area contributed by atoms with E-state index in [2.05, 4.69) is 41.6 Å². The van der Waals surface area contributed by atoms with Crippen LogP contribution in [0.3, 0.4) is 0 Å². The molecule has 0 aliphatic rings. The van der Waals surface area contributed by atoms with Crippen molar-refractivity contribution in [2.24, 2.45) is 0 Å². The summed E-state index contributed by atoms with van der Waals surface area (Å²) >= 11 is 1.01. The van der Waals surface area contributed by atoms with Gasteiger partial charge in [-0.05, 0) is 72.5 Å². The van der Waals surface area contributed by atoms with Crippen molar-refractivity contribution in [3.8, 4) is 11.4 Å². The molecule has 0 spiro atoms. The van der Waals surface area contributed by atoms with Crippen LogP contribution in [0.1, 0.15) is 55.0 Å². The largest absolute Gasteiger partial charge is 0.494 e. The van der Waals surface area contributed by atoms with E-state index in [0.717, 1.165) is 29.5 Å². The Balaban J connectivity index is 1.52. The molecule has 12 heteroatoms. The van der Waals surface area contributed by atoms with Gasteiger partial charge in [-0.25, -0.2) is 0 Å². The van der Waals surface area contributed by atoms with E-state index in [1.165, 1.54) is 16.7 Å². The van der Waals surface area contributed by atoms with Gasteiger partial charge < -0.3 is 15.4 Å². The summed E-state index contributed by atoms with van der Waals surface area (Å²) in [6, 6.07) is 18.8. The summed E-state index contributed by atoms with van der Waals surface area (Å²) in [5.74, 6) is 0.0693. The molecule has 0 unspecified atom stereocenters. The first-order chi connectivity index (χ1) is 20.3. The summed E-state index contributed by atoms with van der Waals surface area (Å²) in [6.07, 6.45) is -4.57. The summed E-state index contributed by atoms with van der Waals surface area (Å²) < 4.78 is 47.4. The Labute approximate surface area is 252 Å². The van der Waals surface area contributed by atoms with E-state index in [4.69, 9.17) is 4.74 Å². The molecule has 0 aliphatic carbocycles. The smallest absolute Gasteiger partial charge is 0.416 e. The van der Waals surface area contributed by atoms with E-state index in [-0.39, 0.29) is 46.2 Å². The van der Waals surface area contributed by atoms with E-state index >= 15 is 0 Å². The predicted octanol–water partition coefficient (Wildman–Crippen LogP) is 6.64. The zero-order valence-corrected chi connectivity index (χ0v) is 25.0. The lowest BCUT2D eigenvalue weighted by Crippen LogP contribution is -2.25. The van der Waals surface area contributed by atoms with Gasteiger partial charge in [-0.15, -0.1) is 10.2 Å². The Morgan fingerprint density at radius 1 is 0.930 bits per heavy atom. The van der Waals surface area contributed by atoms with Gasteiger partial charge >= 0.3 is 6.18 Å². The molecular formula is C31H32F3N5O3S. The van der Waals surface area contributed by atoms with Crippen LogP contribution in [0.4, 0.5) is 18.9 Å². The monoisotopic (exact) mass is 611 g/mol. The van der Waals surface area contributed by atoms with Crippen LogP contribution in [-0.2, 0) is 22.9 Å². The van der Waals surface area contributed by atoms with Gasteiger partial charge in [0.2, 0.25) is 5.91 Å². The number of carbonyl (C=O) groups is 2. The highest BCUT2D eigenvalue weighted by atomic mass is 32.2. The van der Waals surface area contributed by atoms with Gasteiger partial charge in [0.15, 0.2) is 11.0 Å². The van der Waals surface area contributed by atoms with Gasteiger partial charge in [-0.1, -0.05) is 50.7 Å². The van der Waals surface area contributed by atoms with E-state index in [1.807, 2.05) is 19.1 Å². The van der Waals surface area contributed by atoms with Crippen molar-refractivity contribution in [1.29, 1.82) is 0 Å². The molecule has 0 radical (unpaired) electrons. The third-order valence-corrected chi connectivity index (χ3v) is 7.26. The number of halogens is 3. The van der Waals surface area contributed by atoms with Crippen molar-refractivity contribution in [3.05, 3.63) is 95.3 Å². The first-order valence-corrected chi connectivity index (χ1v) is 14.5. The SMILES string of the molecule is CCOc1ccc(NC(=O)CSc2nnc(CNC(=O)c3ccc(C(C)(C)C)cc3)n2-c2cccc(C(F)(F)F)c2)cc1. The molecule has 0 atom stereocenters. The van der Waals surface area contributed by atoms with Crippen LogP contribution in [-0.4, -0.2) is 38.9 Å². The Morgan fingerprint density at radius 3 is 2.26 bits per heavy atom. The van der Waals surface area contributed by atoms with Crippen LogP contribution in [0.2, 0.25) is 0 Å². The average Bonchev–Trinajstić information content (AvgIpc) is 3.38. The summed E-state index contributed by atoms with van der Waals surface area (Å²) in [6.45, 7) is 8.50. The molecule has 0 saturated heterocycles. The topological polar surface area (TPSA) is 98.1 Å². The number of hydrogen-bond acceptors (Lipinski definition) is 6. The second kappa shape index (κ2) is 13.3. The minimum absolute atomic E-state index is 0.0738. The van der Waals surface area contributed by atoms with Gasteiger partial charge in [-0.3, -0.25) is 14.2 Å². The van der Waals surface area contributed by atoms with Gasteiger partial charge in [0, 0.05) is 11.3 Å². The second-order valence-electron chi connectivity index (χ2n) is 10.6. The number of nitrogens with one attached hydrogen (secondary N) is 2. The number of nitrogens with zero attached hydrogens (tertiary/aromatic N) is 3. The minimum Gasteiger partial charge on any atom is -0.494 e. The van der Waals surface area contributed by atoms with Crippen molar-refractivity contribution in [3.63, 3.8) is 0 Å². The number of amides is 2. The molecular weight excluding hydrogens is 579 g/mol. The van der Waals surface area contributed by atoms with Crippen LogP contribution in [0.15, 0.2) is 78.0 Å². The maximum absolute atomic E-state index is 13.5. The Kier molecular flexibility index (Phi) is 9.80. The van der Waals surface area contributed by atoms with Crippen LogP contribution in [0, 0.1) is 0 Å². The van der Waals surface area contributed by atoms with Gasteiger partial charge in [0.05, 0.1) is 30.2 Å². The van der Waals surface area contributed by atoms with E-state index < -0.39 is 11.7 Å². The zero-order valence-electron chi connectivity index (χ0n) is 24.2. The third kappa shape index (κ3) is 8.38. The van der Waals surface area contributed by atoms with Gasteiger partial charge in [0.1, 0.15) is 5.75 Å². The maximum Gasteiger partial charge on any atom is 0.416 e. The molecule has 226 valence electrons. The summed E-state index contributed by atoms with van der Waals surface area (Å²) in [4.78, 5) is 25.5. The zero-order chi connectivity index (χ0) is 31.2. The molecule has 2 amide bonds.